The van der Waals surface area contributed by atoms with Crippen molar-refractivity contribution in [1.29, 1.82) is 0 Å². The van der Waals surface area contributed by atoms with Gasteiger partial charge in [-0.25, -0.2) is 9.37 Å². The number of alkyl halides is 3. The molecule has 5 rings (SSSR count). The van der Waals surface area contributed by atoms with E-state index in [0.717, 1.165) is 28.6 Å². The number of hydrogen-bond donors (Lipinski definition) is 2. The van der Waals surface area contributed by atoms with Gasteiger partial charge in [0.1, 0.15) is 11.6 Å². The van der Waals surface area contributed by atoms with Gasteiger partial charge in [-0.1, -0.05) is 12.1 Å². The Bertz CT molecular complexity index is 1360. The molecule has 3 heterocycles. The van der Waals surface area contributed by atoms with E-state index in [4.69, 9.17) is 0 Å². The van der Waals surface area contributed by atoms with Crippen molar-refractivity contribution in [3.8, 4) is 11.4 Å². The van der Waals surface area contributed by atoms with E-state index in [1.807, 2.05) is 6.20 Å². The molecule has 0 aliphatic carbocycles. The van der Waals surface area contributed by atoms with Crippen LogP contribution in [0.3, 0.4) is 0 Å². The standard InChI is InChI=1S/C23H18F4N4O/c24-16-5-6-19-18(9-16)14(10-28-19)11-31-8-7-17-20(12-31)29-21(30-22(17)32)13-1-3-15(4-2-13)23(25,26)27/h1-6,9-10,28H,7-8,11-12H2,(H,29,30,32). The first kappa shape index (κ1) is 20.4. The molecule has 0 atom stereocenters. The lowest BCUT2D eigenvalue weighted by molar-refractivity contribution is -0.137. The Morgan fingerprint density at radius 3 is 2.62 bits per heavy atom. The number of nitrogens with one attached hydrogen (secondary N) is 2. The third-order valence-electron chi connectivity index (χ3n) is 5.76. The van der Waals surface area contributed by atoms with Crippen molar-refractivity contribution in [2.45, 2.75) is 25.7 Å². The number of aromatic amines is 2. The largest absolute Gasteiger partial charge is 0.416 e. The van der Waals surface area contributed by atoms with E-state index in [0.29, 0.717) is 42.9 Å². The third-order valence-corrected chi connectivity index (χ3v) is 5.76. The van der Waals surface area contributed by atoms with E-state index >= 15 is 0 Å². The second kappa shape index (κ2) is 7.59. The Labute approximate surface area is 179 Å². The van der Waals surface area contributed by atoms with Gasteiger partial charge < -0.3 is 9.97 Å². The van der Waals surface area contributed by atoms with Gasteiger partial charge in [0, 0.05) is 47.9 Å². The van der Waals surface area contributed by atoms with Gasteiger partial charge in [-0.15, -0.1) is 0 Å². The second-order valence-electron chi connectivity index (χ2n) is 7.88. The van der Waals surface area contributed by atoms with Crippen LogP contribution in [-0.2, 0) is 25.7 Å². The van der Waals surface area contributed by atoms with Gasteiger partial charge in [-0.05, 0) is 42.3 Å². The first-order chi connectivity index (χ1) is 15.3. The van der Waals surface area contributed by atoms with Crippen LogP contribution in [0.5, 0.6) is 0 Å². The highest BCUT2D eigenvalue weighted by Gasteiger charge is 2.30. The van der Waals surface area contributed by atoms with Crippen LogP contribution in [0.25, 0.3) is 22.3 Å². The fourth-order valence-corrected chi connectivity index (χ4v) is 4.10. The quantitative estimate of drug-likeness (QED) is 0.455. The molecule has 1 aliphatic heterocycles. The molecule has 1 aliphatic rings. The topological polar surface area (TPSA) is 64.8 Å². The number of halogens is 4. The van der Waals surface area contributed by atoms with Gasteiger partial charge in [0.05, 0.1) is 11.3 Å². The Kier molecular flexibility index (Phi) is 4.85. The van der Waals surface area contributed by atoms with Gasteiger partial charge >= 0.3 is 6.18 Å². The monoisotopic (exact) mass is 442 g/mol. The number of fused-ring (bicyclic) bond motifs is 2. The first-order valence-electron chi connectivity index (χ1n) is 10.1. The molecule has 0 saturated carbocycles. The van der Waals surface area contributed by atoms with E-state index in [1.54, 1.807) is 6.07 Å². The zero-order chi connectivity index (χ0) is 22.5. The molecule has 5 nitrogen and oxygen atoms in total. The van der Waals surface area contributed by atoms with Gasteiger partial charge in [0.15, 0.2) is 0 Å². The molecule has 0 unspecified atom stereocenters. The Balaban J connectivity index is 1.42. The predicted molar refractivity (Wildman–Crippen MR) is 111 cm³/mol. The van der Waals surface area contributed by atoms with E-state index in [9.17, 15) is 22.4 Å². The van der Waals surface area contributed by atoms with E-state index in [2.05, 4.69) is 19.9 Å². The highest BCUT2D eigenvalue weighted by molar-refractivity contribution is 5.83. The molecule has 0 radical (unpaired) electrons. The Hall–Kier alpha value is -3.46. The summed E-state index contributed by atoms with van der Waals surface area (Å²) < 4.78 is 52.2. The van der Waals surface area contributed by atoms with Crippen molar-refractivity contribution in [2.24, 2.45) is 0 Å². The van der Waals surface area contributed by atoms with Crippen LogP contribution in [0.15, 0.2) is 53.5 Å². The van der Waals surface area contributed by atoms with E-state index < -0.39 is 11.7 Å². The van der Waals surface area contributed by atoms with Crippen molar-refractivity contribution >= 4 is 10.9 Å². The lowest BCUT2D eigenvalue weighted by Crippen LogP contribution is -2.35. The van der Waals surface area contributed by atoms with Gasteiger partial charge in [-0.3, -0.25) is 9.69 Å². The molecular weight excluding hydrogens is 424 g/mol. The smallest absolute Gasteiger partial charge is 0.361 e. The van der Waals surface area contributed by atoms with Crippen molar-refractivity contribution in [2.75, 3.05) is 6.54 Å². The van der Waals surface area contributed by atoms with Gasteiger partial charge in [0.2, 0.25) is 0 Å². The van der Waals surface area contributed by atoms with Crippen LogP contribution in [0.2, 0.25) is 0 Å². The molecule has 0 bridgehead atoms. The maximum Gasteiger partial charge on any atom is 0.416 e. The summed E-state index contributed by atoms with van der Waals surface area (Å²) in [5.41, 5.74) is 2.33. The molecule has 32 heavy (non-hydrogen) atoms. The van der Waals surface area contributed by atoms with Gasteiger partial charge in [-0.2, -0.15) is 13.2 Å². The fraction of sp³-hybridized carbons (Fsp3) is 0.217. The molecular formula is C23H18F4N4O. The maximum absolute atomic E-state index is 13.7. The Morgan fingerprint density at radius 2 is 1.88 bits per heavy atom. The lowest BCUT2D eigenvalue weighted by atomic mass is 10.0. The first-order valence-corrected chi connectivity index (χ1v) is 10.1. The average Bonchev–Trinajstić information content (AvgIpc) is 3.14. The summed E-state index contributed by atoms with van der Waals surface area (Å²) in [4.78, 5) is 25.1. The molecule has 0 fully saturated rings. The summed E-state index contributed by atoms with van der Waals surface area (Å²) in [5.74, 6) is -0.0739. The van der Waals surface area contributed by atoms with Crippen LogP contribution < -0.4 is 5.56 Å². The Morgan fingerprint density at radius 1 is 1.09 bits per heavy atom. The summed E-state index contributed by atoms with van der Waals surface area (Å²) in [7, 11) is 0. The van der Waals surface area contributed by atoms with Crippen LogP contribution in [0, 0.1) is 5.82 Å². The molecule has 0 spiro atoms. The van der Waals surface area contributed by atoms with Gasteiger partial charge in [0.25, 0.3) is 5.56 Å². The van der Waals surface area contributed by atoms with Crippen LogP contribution >= 0.6 is 0 Å². The normalized spacial score (nSPS) is 14.6. The van der Waals surface area contributed by atoms with Crippen molar-refractivity contribution in [3.05, 3.63) is 87.2 Å². The van der Waals surface area contributed by atoms with Crippen molar-refractivity contribution in [3.63, 3.8) is 0 Å². The summed E-state index contributed by atoms with van der Waals surface area (Å²) >= 11 is 0. The predicted octanol–water partition coefficient (Wildman–Crippen LogP) is 4.63. The number of H-pyrrole nitrogens is 2. The minimum Gasteiger partial charge on any atom is -0.361 e. The maximum atomic E-state index is 13.7. The molecule has 2 aromatic carbocycles. The summed E-state index contributed by atoms with van der Waals surface area (Å²) in [5, 5.41) is 0.806. The van der Waals surface area contributed by atoms with E-state index in [-0.39, 0.29) is 17.2 Å². The fourth-order valence-electron chi connectivity index (χ4n) is 4.10. The van der Waals surface area contributed by atoms with Crippen LogP contribution in [0.4, 0.5) is 17.6 Å². The highest BCUT2D eigenvalue weighted by atomic mass is 19.4. The lowest BCUT2D eigenvalue weighted by Gasteiger charge is -2.27. The van der Waals surface area contributed by atoms with Crippen molar-refractivity contribution < 1.29 is 17.6 Å². The molecule has 2 aromatic heterocycles. The minimum atomic E-state index is -4.43. The molecule has 9 heteroatoms. The minimum absolute atomic E-state index is 0.235. The number of rotatable bonds is 3. The summed E-state index contributed by atoms with van der Waals surface area (Å²) in [6, 6.07) is 9.12. The molecule has 2 N–H and O–H groups in total. The third kappa shape index (κ3) is 3.80. The molecule has 0 amide bonds. The number of hydrogen-bond acceptors (Lipinski definition) is 3. The number of aromatic nitrogens is 3. The van der Waals surface area contributed by atoms with Crippen LogP contribution in [-0.4, -0.2) is 26.4 Å². The average molecular weight is 442 g/mol. The zero-order valence-electron chi connectivity index (χ0n) is 16.8. The second-order valence-corrected chi connectivity index (χ2v) is 7.88. The van der Waals surface area contributed by atoms with E-state index in [1.165, 1.54) is 24.3 Å². The zero-order valence-corrected chi connectivity index (χ0v) is 16.8. The summed E-state index contributed by atoms with van der Waals surface area (Å²) in [6.07, 6.45) is -2.08. The number of nitrogens with zero attached hydrogens (tertiary/aromatic N) is 2. The molecule has 164 valence electrons. The molecule has 0 saturated heterocycles. The van der Waals surface area contributed by atoms with Crippen LogP contribution in [0.1, 0.15) is 22.4 Å². The number of benzene rings is 2. The molecule has 4 aromatic rings. The SMILES string of the molecule is O=c1[nH]c(-c2ccc(C(F)(F)F)cc2)nc2c1CCN(Cc1c[nH]c3ccc(F)cc13)C2. The van der Waals surface area contributed by atoms with Crippen molar-refractivity contribution in [1.82, 2.24) is 19.9 Å². The highest BCUT2D eigenvalue weighted by Crippen LogP contribution is 2.30. The summed E-state index contributed by atoms with van der Waals surface area (Å²) in [6.45, 7) is 1.60.